The average molecular weight is 798 g/mol. The fourth-order valence-corrected chi connectivity index (χ4v) is 14.1. The highest BCUT2D eigenvalue weighted by Gasteiger charge is 2.91. The number of carbonyl (C=O) groups is 1. The molecule has 8 atom stereocenters. The van der Waals surface area contributed by atoms with Crippen LogP contribution in [0, 0.1) is 11.8 Å². The topological polar surface area (TPSA) is 91.7 Å². The van der Waals surface area contributed by atoms with E-state index in [4.69, 9.17) is 139 Å². The van der Waals surface area contributed by atoms with Crippen LogP contribution >= 0.6 is 139 Å². The zero-order valence-corrected chi connectivity index (χ0v) is 27.9. The van der Waals surface area contributed by atoms with E-state index >= 15 is 0 Å². The summed E-state index contributed by atoms with van der Waals surface area (Å²) < 4.78 is 30.3. The van der Waals surface area contributed by atoms with Gasteiger partial charge in [-0.15, -0.1) is 46.4 Å². The average Bonchev–Trinajstić information content (AvgIpc) is 3.16. The number of rotatable bonds is 2. The van der Waals surface area contributed by atoms with Crippen molar-refractivity contribution in [3.63, 3.8) is 0 Å². The summed E-state index contributed by atoms with van der Waals surface area (Å²) in [5, 5.41) is 9.02. The molecule has 2 N–H and O–H groups in total. The van der Waals surface area contributed by atoms with Crippen molar-refractivity contribution in [3.8, 4) is 0 Å². The minimum absolute atomic E-state index is 0.0296. The van der Waals surface area contributed by atoms with Crippen molar-refractivity contribution in [1.29, 1.82) is 0 Å². The Morgan fingerprint density at radius 1 is 0.667 bits per heavy atom. The molecule has 5 aliphatic rings. The summed E-state index contributed by atoms with van der Waals surface area (Å²) >= 11 is 82.7. The molecule has 0 heterocycles. The summed E-state index contributed by atoms with van der Waals surface area (Å²) in [6, 6.07) is 1.92. The van der Waals surface area contributed by atoms with E-state index in [0.29, 0.717) is 0 Å². The normalized spacial score (nSPS) is 44.5. The van der Waals surface area contributed by atoms with Crippen molar-refractivity contribution in [3.05, 3.63) is 49.0 Å². The number of hydrogen-bond donors (Lipinski definition) is 2. The Labute approximate surface area is 281 Å². The van der Waals surface area contributed by atoms with E-state index in [0.717, 1.165) is 12.1 Å². The number of halogens is 12. The van der Waals surface area contributed by atoms with Gasteiger partial charge in [0.05, 0.1) is 25.7 Å². The lowest BCUT2D eigenvalue weighted by atomic mass is 9.57. The second-order valence-electron chi connectivity index (χ2n) is 10.0. The lowest BCUT2D eigenvalue weighted by Gasteiger charge is -2.52. The van der Waals surface area contributed by atoms with Crippen LogP contribution in [0.3, 0.4) is 0 Å². The van der Waals surface area contributed by atoms with Crippen LogP contribution in [-0.4, -0.2) is 52.2 Å². The summed E-state index contributed by atoms with van der Waals surface area (Å²) in [4.78, 5) is 3.26. The highest BCUT2D eigenvalue weighted by Crippen LogP contribution is 2.88. The summed E-state index contributed by atoms with van der Waals surface area (Å²) in [5.74, 6) is -6.33. The number of benzene rings is 1. The maximum atomic E-state index is 12.3. The van der Waals surface area contributed by atoms with Gasteiger partial charge in [0.15, 0.2) is 8.67 Å². The summed E-state index contributed by atoms with van der Waals surface area (Å²) in [7, 11) is -5.11. The molecule has 1 aromatic carbocycles. The zero-order chi connectivity index (χ0) is 29.4. The van der Waals surface area contributed by atoms with Gasteiger partial charge in [-0.1, -0.05) is 92.8 Å². The van der Waals surface area contributed by atoms with Crippen molar-refractivity contribution in [2.24, 2.45) is 11.8 Å². The molecule has 212 valence electrons. The highest BCUT2D eigenvalue weighted by atomic mass is 35.5. The molecule has 6 rings (SSSR count). The van der Waals surface area contributed by atoms with Gasteiger partial charge in [-0.2, -0.15) is 8.42 Å². The molecule has 1 unspecified atom stereocenters. The van der Waals surface area contributed by atoms with Gasteiger partial charge in [0, 0.05) is 23.7 Å². The van der Waals surface area contributed by atoms with Crippen molar-refractivity contribution in [1.82, 2.24) is 0 Å². The Bertz CT molecular complexity index is 1620. The molecule has 2 saturated carbocycles. The molecule has 0 spiro atoms. The number of allylic oxidation sites excluding steroid dienone is 4. The maximum Gasteiger partial charge on any atom is 0.337 e. The number of fused-ring (bicyclic) bond motifs is 14. The van der Waals surface area contributed by atoms with Gasteiger partial charge in [-0.05, 0) is 23.3 Å². The predicted octanol–water partition coefficient (Wildman–Crippen LogP) is 8.74. The van der Waals surface area contributed by atoms with Gasteiger partial charge in [-0.25, -0.2) is 4.79 Å². The van der Waals surface area contributed by atoms with Crippen molar-refractivity contribution < 1.29 is 22.9 Å². The molecular weight excluding hydrogens is 790 g/mol. The molecule has 0 radical (unpaired) electrons. The predicted molar refractivity (Wildman–Crippen MR) is 156 cm³/mol. The molecule has 0 saturated heterocycles. The van der Waals surface area contributed by atoms with Crippen LogP contribution in [-0.2, 0) is 10.1 Å². The SMILES string of the molecule is O=C(O)c1cc2c(cc1S(=O)(=O)O)[C@H]1[C@@H](C3[C@H]2[C@@]2(Cl)C(Cl)=C(Cl)[C@@]3(Cl)C2(Cl)Cl)[C@]2(Cl)C(Cl)=C(Cl)[C@]1(Cl)C2(Cl)Cl. The fraction of sp³-hybridized carbons (Fsp3) is 0.476. The van der Waals surface area contributed by atoms with E-state index in [2.05, 4.69) is 0 Å². The first-order valence-corrected chi connectivity index (χ1v) is 16.5. The van der Waals surface area contributed by atoms with E-state index in [1.54, 1.807) is 0 Å². The molecule has 4 bridgehead atoms. The summed E-state index contributed by atoms with van der Waals surface area (Å²) in [6.45, 7) is 0. The van der Waals surface area contributed by atoms with Crippen molar-refractivity contribution >= 4 is 155 Å². The third-order valence-electron chi connectivity index (χ3n) is 8.74. The zero-order valence-electron chi connectivity index (χ0n) is 18.0. The van der Waals surface area contributed by atoms with E-state index in [-0.39, 0.29) is 31.3 Å². The van der Waals surface area contributed by atoms with Crippen LogP contribution in [0.1, 0.15) is 33.3 Å². The lowest BCUT2D eigenvalue weighted by molar-refractivity contribution is 0.0691. The summed E-state index contributed by atoms with van der Waals surface area (Å²) in [6.07, 6.45) is 0. The second kappa shape index (κ2) is 8.23. The van der Waals surface area contributed by atoms with Gasteiger partial charge < -0.3 is 5.11 Å². The third kappa shape index (κ3) is 2.87. The number of hydrogen-bond acceptors (Lipinski definition) is 3. The minimum Gasteiger partial charge on any atom is -0.478 e. The van der Waals surface area contributed by atoms with Crippen LogP contribution in [0.5, 0.6) is 0 Å². The molecule has 18 heteroatoms. The third-order valence-corrected chi connectivity index (χ3v) is 18.2. The van der Waals surface area contributed by atoms with Crippen molar-refractivity contribution in [2.45, 2.75) is 44.9 Å². The molecule has 39 heavy (non-hydrogen) atoms. The number of carboxylic acid groups (broad SMARTS) is 1. The fourth-order valence-electron chi connectivity index (χ4n) is 7.31. The van der Waals surface area contributed by atoms with Crippen molar-refractivity contribution in [2.75, 3.05) is 0 Å². The number of alkyl halides is 8. The van der Waals surface area contributed by atoms with Crippen LogP contribution in [0.2, 0.25) is 0 Å². The second-order valence-corrected chi connectivity index (χ2v) is 18.0. The largest absolute Gasteiger partial charge is 0.478 e. The van der Waals surface area contributed by atoms with Crippen LogP contribution < -0.4 is 0 Å². The monoisotopic (exact) mass is 792 g/mol. The van der Waals surface area contributed by atoms with E-state index < -0.39 is 78.4 Å². The standard InChI is InChI=1S/C21H8Cl12O5S/c22-11-13(24)18(28)9-7(16(11,26)20(18,30)31)3-1-5(15(34)35)6(39(36,37)38)2-4(3)8-10(9)19(29)14(25)12(23)17(8,27)21(19,32)33/h1-2,7-10H,(H,34,35)(H,36,37,38)/t7-,8-,9?,10-,16+,17-,18+,19-/m0/s1. The Balaban J connectivity index is 1.84. The molecule has 1 aromatic rings. The lowest BCUT2D eigenvalue weighted by Crippen LogP contribution is -2.53. The summed E-state index contributed by atoms with van der Waals surface area (Å²) in [5.41, 5.74) is -0.688. The first-order chi connectivity index (χ1) is 17.5. The van der Waals surface area contributed by atoms with E-state index in [9.17, 15) is 22.9 Å². The Kier molecular flexibility index (Phi) is 6.45. The minimum atomic E-state index is -5.11. The molecule has 0 aliphatic heterocycles. The van der Waals surface area contributed by atoms with Gasteiger partial charge in [-0.3, -0.25) is 4.55 Å². The Morgan fingerprint density at radius 2 is 1.00 bits per heavy atom. The smallest absolute Gasteiger partial charge is 0.337 e. The van der Waals surface area contributed by atoms with Crippen LogP contribution in [0.15, 0.2) is 37.2 Å². The quantitative estimate of drug-likeness (QED) is 0.231. The first-order valence-electron chi connectivity index (χ1n) is 10.6. The Hall–Kier alpha value is 1.56. The van der Waals surface area contributed by atoms with Gasteiger partial charge >= 0.3 is 5.97 Å². The maximum absolute atomic E-state index is 12.3. The highest BCUT2D eigenvalue weighted by molar-refractivity contribution is 7.86. The molecular formula is C21H8Cl12O5S. The van der Waals surface area contributed by atoms with Gasteiger partial charge in [0.25, 0.3) is 10.1 Å². The molecule has 5 aliphatic carbocycles. The van der Waals surface area contributed by atoms with E-state index in [1.807, 2.05) is 0 Å². The van der Waals surface area contributed by atoms with Crippen LogP contribution in [0.4, 0.5) is 0 Å². The van der Waals surface area contributed by atoms with E-state index in [1.165, 1.54) is 0 Å². The number of carboxylic acids is 1. The molecule has 0 amide bonds. The van der Waals surface area contributed by atoms with Gasteiger partial charge in [0.1, 0.15) is 24.4 Å². The van der Waals surface area contributed by atoms with Crippen LogP contribution in [0.25, 0.3) is 0 Å². The number of aromatic carboxylic acids is 1. The molecule has 0 aromatic heterocycles. The first kappa shape index (κ1) is 30.6. The molecule has 5 nitrogen and oxygen atoms in total. The van der Waals surface area contributed by atoms with Gasteiger partial charge in [0.2, 0.25) is 0 Å². The molecule has 2 fully saturated rings. The Morgan fingerprint density at radius 3 is 1.33 bits per heavy atom.